The van der Waals surface area contributed by atoms with E-state index >= 15 is 0 Å². The van der Waals surface area contributed by atoms with Crippen LogP contribution in [0.4, 0.5) is 13.2 Å². The second-order valence-corrected chi connectivity index (χ2v) is 10.4. The van der Waals surface area contributed by atoms with E-state index in [9.17, 15) is 21.6 Å². The molecule has 1 saturated carbocycles. The van der Waals surface area contributed by atoms with E-state index in [0.29, 0.717) is 25.2 Å². The first kappa shape index (κ1) is 21.0. The lowest BCUT2D eigenvalue weighted by molar-refractivity contribution is -0.145. The van der Waals surface area contributed by atoms with Crippen molar-refractivity contribution in [2.24, 2.45) is 5.41 Å². The van der Waals surface area contributed by atoms with Gasteiger partial charge in [0.2, 0.25) is 15.8 Å². The van der Waals surface area contributed by atoms with Crippen molar-refractivity contribution in [3.63, 3.8) is 0 Å². The van der Waals surface area contributed by atoms with Gasteiger partial charge in [0.05, 0.1) is 18.0 Å². The van der Waals surface area contributed by atoms with Crippen molar-refractivity contribution >= 4 is 10.0 Å². The van der Waals surface area contributed by atoms with Gasteiger partial charge in [0.1, 0.15) is 4.90 Å². The van der Waals surface area contributed by atoms with Crippen LogP contribution >= 0.6 is 0 Å². The Morgan fingerprint density at radius 1 is 1.14 bits per heavy atom. The molecule has 0 N–H and O–H groups in total. The van der Waals surface area contributed by atoms with Gasteiger partial charge in [-0.25, -0.2) is 18.4 Å². The molecule has 0 unspecified atom stereocenters. The smallest absolute Gasteiger partial charge is 0.381 e. The number of sulfonamides is 1. The molecule has 0 atom stereocenters. The lowest BCUT2D eigenvalue weighted by atomic mass is 9.72. The average molecular weight is 434 g/mol. The number of halogens is 3. The largest absolute Gasteiger partial charge is 0.451 e. The lowest BCUT2D eigenvalue weighted by Gasteiger charge is -2.61. The molecule has 29 heavy (non-hydrogen) atoms. The van der Waals surface area contributed by atoms with Crippen LogP contribution in [-0.4, -0.2) is 73.0 Å². The molecule has 3 aliphatic rings. The first-order valence-corrected chi connectivity index (χ1v) is 11.2. The minimum Gasteiger partial charge on any atom is -0.381 e. The number of rotatable bonds is 4. The van der Waals surface area contributed by atoms with Crippen LogP contribution in [0.3, 0.4) is 0 Å². The van der Waals surface area contributed by atoms with Crippen molar-refractivity contribution in [3.05, 3.63) is 17.7 Å². The quantitative estimate of drug-likeness (QED) is 0.722. The van der Waals surface area contributed by atoms with Crippen LogP contribution in [-0.2, 0) is 20.9 Å². The van der Waals surface area contributed by atoms with Crippen LogP contribution < -0.4 is 0 Å². The predicted molar refractivity (Wildman–Crippen MR) is 97.6 cm³/mol. The second kappa shape index (κ2) is 7.14. The van der Waals surface area contributed by atoms with Crippen molar-refractivity contribution in [2.45, 2.75) is 55.8 Å². The lowest BCUT2D eigenvalue weighted by Crippen LogP contribution is -2.74. The average Bonchev–Trinajstić information content (AvgIpc) is 2.58. The Balaban J connectivity index is 1.35. The Labute approximate surface area is 168 Å². The van der Waals surface area contributed by atoms with Gasteiger partial charge in [0.25, 0.3) is 0 Å². The number of ether oxygens (including phenoxy) is 1. The minimum absolute atomic E-state index is 0.0359. The molecule has 0 aromatic carbocycles. The fourth-order valence-corrected chi connectivity index (χ4v) is 6.55. The number of hydrogen-bond acceptors (Lipinski definition) is 6. The van der Waals surface area contributed by atoms with Crippen LogP contribution in [0.2, 0.25) is 0 Å². The normalized spacial score (nSPS) is 28.2. The van der Waals surface area contributed by atoms with Crippen LogP contribution in [0, 0.1) is 12.3 Å². The van der Waals surface area contributed by atoms with Crippen molar-refractivity contribution in [1.29, 1.82) is 0 Å². The number of aromatic nitrogens is 2. The molecule has 1 aromatic heterocycles. The molecule has 2 aliphatic heterocycles. The van der Waals surface area contributed by atoms with Crippen molar-refractivity contribution in [1.82, 2.24) is 19.2 Å². The minimum atomic E-state index is -4.70. The molecule has 7 nitrogen and oxygen atoms in total. The third-order valence-corrected chi connectivity index (χ3v) is 8.29. The second-order valence-electron chi connectivity index (χ2n) is 8.49. The summed E-state index contributed by atoms with van der Waals surface area (Å²) in [5, 5.41) is 0. The molecule has 162 valence electrons. The summed E-state index contributed by atoms with van der Waals surface area (Å²) >= 11 is 0. The zero-order chi connectivity index (χ0) is 21.0. The molecule has 2 saturated heterocycles. The molecule has 0 amide bonds. The van der Waals surface area contributed by atoms with Gasteiger partial charge >= 0.3 is 6.18 Å². The number of aryl methyl sites for hydroxylation is 1. The maximum Gasteiger partial charge on any atom is 0.451 e. The predicted octanol–water partition coefficient (Wildman–Crippen LogP) is 2.07. The highest BCUT2D eigenvalue weighted by atomic mass is 32.2. The van der Waals surface area contributed by atoms with Gasteiger partial charge in [0, 0.05) is 44.7 Å². The maximum absolute atomic E-state index is 12.8. The molecular weight excluding hydrogens is 409 g/mol. The summed E-state index contributed by atoms with van der Waals surface area (Å²) in [6, 6.07) is 0.531. The van der Waals surface area contributed by atoms with Gasteiger partial charge in [-0.2, -0.15) is 17.5 Å². The summed E-state index contributed by atoms with van der Waals surface area (Å²) in [6.07, 6.45) is 0.715. The molecule has 3 heterocycles. The molecule has 1 aliphatic carbocycles. The maximum atomic E-state index is 12.8. The first-order chi connectivity index (χ1) is 13.5. The SMILES string of the molecule is COC1CCC(N2CC3(C2)CN(S(=O)(=O)c2cnc(C(F)(F)F)nc2C)C3)CC1. The zero-order valence-corrected chi connectivity index (χ0v) is 17.3. The van der Waals surface area contributed by atoms with E-state index in [4.69, 9.17) is 4.74 Å². The van der Waals surface area contributed by atoms with E-state index in [2.05, 4.69) is 14.9 Å². The highest BCUT2D eigenvalue weighted by Crippen LogP contribution is 2.45. The summed E-state index contributed by atoms with van der Waals surface area (Å²) < 4.78 is 70.5. The van der Waals surface area contributed by atoms with E-state index in [1.807, 2.05) is 0 Å². The fourth-order valence-electron chi connectivity index (χ4n) is 4.78. The molecule has 1 spiro atoms. The Morgan fingerprint density at radius 3 is 2.28 bits per heavy atom. The third-order valence-electron chi connectivity index (χ3n) is 6.40. The molecule has 11 heteroatoms. The number of nitrogens with zero attached hydrogens (tertiary/aromatic N) is 4. The molecule has 4 rings (SSSR count). The number of alkyl halides is 3. The Morgan fingerprint density at radius 2 is 1.76 bits per heavy atom. The zero-order valence-electron chi connectivity index (χ0n) is 16.4. The molecule has 0 bridgehead atoms. The van der Waals surface area contributed by atoms with Crippen LogP contribution in [0.15, 0.2) is 11.1 Å². The van der Waals surface area contributed by atoms with Gasteiger partial charge in [-0.1, -0.05) is 0 Å². The topological polar surface area (TPSA) is 75.6 Å². The van der Waals surface area contributed by atoms with Crippen LogP contribution in [0.1, 0.15) is 37.2 Å². The van der Waals surface area contributed by atoms with E-state index in [1.165, 1.54) is 11.2 Å². The van der Waals surface area contributed by atoms with E-state index in [-0.39, 0.29) is 16.0 Å². The number of hydrogen-bond donors (Lipinski definition) is 0. The van der Waals surface area contributed by atoms with Crippen molar-refractivity contribution in [3.8, 4) is 0 Å². The Hall–Kier alpha value is -1.30. The van der Waals surface area contributed by atoms with Gasteiger partial charge in [0.15, 0.2) is 0 Å². The molecule has 0 radical (unpaired) electrons. The first-order valence-electron chi connectivity index (χ1n) is 9.72. The van der Waals surface area contributed by atoms with E-state index < -0.39 is 22.0 Å². The van der Waals surface area contributed by atoms with E-state index in [0.717, 1.165) is 45.0 Å². The highest BCUT2D eigenvalue weighted by molar-refractivity contribution is 7.89. The van der Waals surface area contributed by atoms with Crippen LogP contribution in [0.5, 0.6) is 0 Å². The molecule has 1 aromatic rings. The monoisotopic (exact) mass is 434 g/mol. The fraction of sp³-hybridized carbons (Fsp3) is 0.778. The summed E-state index contributed by atoms with van der Waals surface area (Å²) in [7, 11) is -2.14. The Bertz CT molecular complexity index is 871. The summed E-state index contributed by atoms with van der Waals surface area (Å²) in [6.45, 7) is 3.77. The number of methoxy groups -OCH3 is 1. The van der Waals surface area contributed by atoms with Gasteiger partial charge in [-0.3, -0.25) is 4.90 Å². The number of likely N-dealkylation sites (tertiary alicyclic amines) is 1. The van der Waals surface area contributed by atoms with Gasteiger partial charge in [-0.05, 0) is 32.6 Å². The Kier molecular flexibility index (Phi) is 5.16. The van der Waals surface area contributed by atoms with Crippen LogP contribution in [0.25, 0.3) is 0 Å². The third kappa shape index (κ3) is 3.77. The summed E-state index contributed by atoms with van der Waals surface area (Å²) in [5.41, 5.74) is -0.218. The van der Waals surface area contributed by atoms with Crippen molar-refractivity contribution in [2.75, 3.05) is 33.3 Å². The highest BCUT2D eigenvalue weighted by Gasteiger charge is 2.56. The summed E-state index contributed by atoms with van der Waals surface area (Å²) in [4.78, 5) is 8.73. The van der Waals surface area contributed by atoms with Crippen molar-refractivity contribution < 1.29 is 26.3 Å². The van der Waals surface area contributed by atoms with E-state index in [1.54, 1.807) is 7.11 Å². The summed E-state index contributed by atoms with van der Waals surface area (Å²) in [5.74, 6) is -1.33. The molecule has 3 fully saturated rings. The molecular formula is C18H25F3N4O3S. The van der Waals surface area contributed by atoms with Gasteiger partial charge in [-0.15, -0.1) is 0 Å². The van der Waals surface area contributed by atoms with Gasteiger partial charge < -0.3 is 4.74 Å². The standard InChI is InChI=1S/C18H25F3N4O3S/c1-12-15(7-22-16(23-12)18(19,20)21)29(26,27)25-10-17(11-25)8-24(9-17)13-3-5-14(28-2)6-4-13/h7,13-14H,3-6,8-11H2,1-2H3.